The van der Waals surface area contributed by atoms with Gasteiger partial charge in [0.2, 0.25) is 0 Å². The lowest BCUT2D eigenvalue weighted by Gasteiger charge is -2.18. The molecule has 0 aromatic carbocycles. The minimum Gasteiger partial charge on any atom is -0.462 e. The van der Waals surface area contributed by atoms with Gasteiger partial charge in [0.1, 0.15) is 13.2 Å². The van der Waals surface area contributed by atoms with Crippen molar-refractivity contribution in [3.05, 3.63) is 12.2 Å². The number of carbonyl (C=O) groups is 3. The molecular formula is C75H144O6. The number of hydrogen-bond donors (Lipinski definition) is 0. The Morgan fingerprint density at radius 3 is 0.617 bits per heavy atom. The Bertz CT molecular complexity index is 1260. The summed E-state index contributed by atoms with van der Waals surface area (Å²) in [5, 5.41) is 0. The molecule has 0 saturated carbocycles. The second-order valence-electron chi connectivity index (χ2n) is 25.6. The Hall–Kier alpha value is -1.85. The molecule has 0 amide bonds. The molecule has 81 heavy (non-hydrogen) atoms. The molecule has 0 N–H and O–H groups in total. The topological polar surface area (TPSA) is 78.9 Å². The quantitative estimate of drug-likeness (QED) is 0.0261. The fourth-order valence-electron chi connectivity index (χ4n) is 11.7. The molecule has 0 saturated heterocycles. The van der Waals surface area contributed by atoms with Crippen molar-refractivity contribution in [2.24, 2.45) is 0 Å². The average Bonchev–Trinajstić information content (AvgIpc) is 3.47. The maximum absolute atomic E-state index is 13.0. The van der Waals surface area contributed by atoms with E-state index in [1.807, 2.05) is 0 Å². The Balaban J connectivity index is 4.28. The minimum absolute atomic E-state index is 0.0630. The summed E-state index contributed by atoms with van der Waals surface area (Å²) in [6, 6.07) is 0. The van der Waals surface area contributed by atoms with E-state index in [9.17, 15) is 14.4 Å². The van der Waals surface area contributed by atoms with Crippen molar-refractivity contribution in [3.8, 4) is 0 Å². The zero-order valence-electron chi connectivity index (χ0n) is 55.4. The van der Waals surface area contributed by atoms with Gasteiger partial charge in [0.05, 0.1) is 0 Å². The van der Waals surface area contributed by atoms with E-state index in [4.69, 9.17) is 14.2 Å². The molecule has 480 valence electrons. The van der Waals surface area contributed by atoms with E-state index in [1.165, 1.54) is 334 Å². The van der Waals surface area contributed by atoms with Crippen LogP contribution in [0.15, 0.2) is 12.2 Å². The highest BCUT2D eigenvalue weighted by atomic mass is 16.6. The molecule has 0 heterocycles. The van der Waals surface area contributed by atoms with Gasteiger partial charge in [0.25, 0.3) is 0 Å². The number of carbonyl (C=O) groups excluding carboxylic acids is 3. The number of unbranched alkanes of at least 4 members (excludes halogenated alkanes) is 57. The second kappa shape index (κ2) is 70.6. The van der Waals surface area contributed by atoms with Gasteiger partial charge < -0.3 is 14.2 Å². The van der Waals surface area contributed by atoms with E-state index >= 15 is 0 Å². The molecule has 0 rings (SSSR count). The van der Waals surface area contributed by atoms with Gasteiger partial charge in [0, 0.05) is 19.3 Å². The van der Waals surface area contributed by atoms with Crippen LogP contribution in [0.4, 0.5) is 0 Å². The first-order valence-electron chi connectivity index (χ1n) is 37.2. The first-order chi connectivity index (χ1) is 40.0. The monoisotopic (exact) mass is 1140 g/mol. The van der Waals surface area contributed by atoms with Crippen molar-refractivity contribution in [2.45, 2.75) is 438 Å². The minimum atomic E-state index is -0.768. The van der Waals surface area contributed by atoms with Crippen LogP contribution in [-0.4, -0.2) is 37.2 Å². The summed E-state index contributed by atoms with van der Waals surface area (Å²) in [4.78, 5) is 38.5. The lowest BCUT2D eigenvalue weighted by atomic mass is 10.0. The molecule has 1 unspecified atom stereocenters. The molecule has 0 fully saturated rings. The first kappa shape index (κ1) is 79.2. The lowest BCUT2D eigenvalue weighted by molar-refractivity contribution is -0.167. The third-order valence-corrected chi connectivity index (χ3v) is 17.3. The predicted molar refractivity (Wildman–Crippen MR) is 353 cm³/mol. The summed E-state index contributed by atoms with van der Waals surface area (Å²) in [5.74, 6) is -0.824. The number of ether oxygens (including phenoxy) is 3. The third kappa shape index (κ3) is 68.8. The van der Waals surface area contributed by atoms with Crippen molar-refractivity contribution in [3.63, 3.8) is 0 Å². The number of rotatable bonds is 70. The second-order valence-corrected chi connectivity index (χ2v) is 25.6. The molecule has 0 bridgehead atoms. The van der Waals surface area contributed by atoms with Crippen LogP contribution in [-0.2, 0) is 28.6 Å². The van der Waals surface area contributed by atoms with E-state index in [-0.39, 0.29) is 31.1 Å². The van der Waals surface area contributed by atoms with Crippen LogP contribution in [0.3, 0.4) is 0 Å². The normalized spacial score (nSPS) is 12.0. The highest BCUT2D eigenvalue weighted by Crippen LogP contribution is 2.19. The van der Waals surface area contributed by atoms with Crippen LogP contribution >= 0.6 is 0 Å². The number of allylic oxidation sites excluding steroid dienone is 2. The van der Waals surface area contributed by atoms with Gasteiger partial charge in [-0.1, -0.05) is 380 Å². The summed E-state index contributed by atoms with van der Waals surface area (Å²) < 4.78 is 17.1. The third-order valence-electron chi connectivity index (χ3n) is 17.3. The Morgan fingerprint density at radius 2 is 0.407 bits per heavy atom. The molecule has 1 atom stereocenters. The molecule has 0 radical (unpaired) electrons. The van der Waals surface area contributed by atoms with E-state index in [0.29, 0.717) is 19.3 Å². The smallest absolute Gasteiger partial charge is 0.306 e. The summed E-state index contributed by atoms with van der Waals surface area (Å²) in [6.07, 6.45) is 85.3. The molecule has 0 aliphatic rings. The molecule has 6 heteroatoms. The highest BCUT2D eigenvalue weighted by Gasteiger charge is 2.20. The van der Waals surface area contributed by atoms with Crippen LogP contribution in [0.2, 0.25) is 0 Å². The maximum Gasteiger partial charge on any atom is 0.306 e. The summed E-state index contributed by atoms with van der Waals surface area (Å²) >= 11 is 0. The fourth-order valence-corrected chi connectivity index (χ4v) is 11.7. The molecule has 0 aliphatic carbocycles. The summed E-state index contributed by atoms with van der Waals surface area (Å²) in [7, 11) is 0. The van der Waals surface area contributed by atoms with E-state index < -0.39 is 6.10 Å². The van der Waals surface area contributed by atoms with Crippen molar-refractivity contribution in [1.29, 1.82) is 0 Å². The molecule has 6 nitrogen and oxygen atoms in total. The average molecular weight is 1140 g/mol. The maximum atomic E-state index is 13.0. The number of esters is 3. The fraction of sp³-hybridized carbons (Fsp3) is 0.933. The standard InChI is InChI=1S/C75H144O6/c1-4-7-10-13-16-19-22-25-28-31-34-37-40-43-46-49-52-55-58-61-64-67-73(76)79-70-72(81-75(78)69-66-63-60-57-54-51-48-45-42-39-36-33-30-27-24-21-18-15-12-9-6-3)71-80-74(77)68-65-62-59-56-53-50-47-44-41-38-35-32-29-26-23-20-17-14-11-8-5-2/h31,34,72H,4-30,32-33,35-71H2,1-3H3/b34-31-. The van der Waals surface area contributed by atoms with Crippen LogP contribution < -0.4 is 0 Å². The first-order valence-corrected chi connectivity index (χ1v) is 37.2. The van der Waals surface area contributed by atoms with Gasteiger partial charge in [0.15, 0.2) is 6.10 Å². The van der Waals surface area contributed by atoms with Gasteiger partial charge in [-0.3, -0.25) is 14.4 Å². The Labute approximate surface area is 507 Å². The van der Waals surface area contributed by atoms with Gasteiger partial charge in [-0.05, 0) is 44.9 Å². The predicted octanol–water partition coefficient (Wildman–Crippen LogP) is 25.6. The van der Waals surface area contributed by atoms with Crippen LogP contribution in [0.25, 0.3) is 0 Å². The van der Waals surface area contributed by atoms with Crippen LogP contribution in [0.1, 0.15) is 432 Å². The Kier molecular flexibility index (Phi) is 69.0. The van der Waals surface area contributed by atoms with Crippen molar-refractivity contribution < 1.29 is 28.6 Å². The van der Waals surface area contributed by atoms with Gasteiger partial charge >= 0.3 is 17.9 Å². The Morgan fingerprint density at radius 1 is 0.235 bits per heavy atom. The zero-order chi connectivity index (χ0) is 58.5. The van der Waals surface area contributed by atoms with Crippen molar-refractivity contribution in [2.75, 3.05) is 13.2 Å². The summed E-state index contributed by atoms with van der Waals surface area (Å²) in [6.45, 7) is 6.75. The van der Waals surface area contributed by atoms with E-state index in [2.05, 4.69) is 32.9 Å². The largest absolute Gasteiger partial charge is 0.462 e. The molecular weight excluding hydrogens is 997 g/mol. The van der Waals surface area contributed by atoms with Crippen LogP contribution in [0, 0.1) is 0 Å². The molecule has 0 aromatic heterocycles. The summed E-state index contributed by atoms with van der Waals surface area (Å²) in [5.41, 5.74) is 0. The highest BCUT2D eigenvalue weighted by molar-refractivity contribution is 5.71. The van der Waals surface area contributed by atoms with E-state index in [0.717, 1.165) is 57.8 Å². The molecule has 0 aliphatic heterocycles. The van der Waals surface area contributed by atoms with Gasteiger partial charge in [-0.25, -0.2) is 0 Å². The van der Waals surface area contributed by atoms with Gasteiger partial charge in [-0.15, -0.1) is 0 Å². The van der Waals surface area contributed by atoms with Crippen LogP contribution in [0.5, 0.6) is 0 Å². The number of hydrogen-bond acceptors (Lipinski definition) is 6. The molecule has 0 aromatic rings. The van der Waals surface area contributed by atoms with Crippen molar-refractivity contribution in [1.82, 2.24) is 0 Å². The lowest BCUT2D eigenvalue weighted by Crippen LogP contribution is -2.30. The van der Waals surface area contributed by atoms with Gasteiger partial charge in [-0.2, -0.15) is 0 Å². The van der Waals surface area contributed by atoms with Crippen molar-refractivity contribution >= 4 is 17.9 Å². The van der Waals surface area contributed by atoms with E-state index in [1.54, 1.807) is 0 Å². The zero-order valence-corrected chi connectivity index (χ0v) is 55.4. The SMILES string of the molecule is CCCCCCCCCC/C=C\CCCCCCCCCCCC(=O)OCC(COC(=O)CCCCCCCCCCCCCCCCCCCCCCC)OC(=O)CCCCCCCCCCCCCCCCCCCCCCC. The molecule has 0 spiro atoms.